The zero-order chi connectivity index (χ0) is 13.0. The molecule has 0 atom stereocenters. The molecule has 2 heteroatoms. The highest BCUT2D eigenvalue weighted by atomic mass is 16.1. The Morgan fingerprint density at radius 3 is 2.22 bits per heavy atom. The van der Waals surface area contributed by atoms with Crippen LogP contribution in [0, 0.1) is 13.8 Å². The summed E-state index contributed by atoms with van der Waals surface area (Å²) in [5.74, 6) is -0.0173. The van der Waals surface area contributed by atoms with E-state index in [2.05, 4.69) is 18.3 Å². The first-order valence-corrected chi connectivity index (χ1v) is 6.07. The second kappa shape index (κ2) is 5.50. The second-order valence-corrected chi connectivity index (χ2v) is 4.42. The number of hydrogen-bond acceptors (Lipinski definition) is 1. The standard InChI is InChI=1S/C16H17NO/c1-12-7-3-5-9-14(12)11-17-16(18)15-10-6-4-8-13(15)2/h3-10H,11H2,1-2H3,(H,17,18). The molecule has 0 aromatic heterocycles. The maximum absolute atomic E-state index is 12.0. The van der Waals surface area contributed by atoms with Crippen molar-refractivity contribution in [2.24, 2.45) is 0 Å². The van der Waals surface area contributed by atoms with Crippen molar-refractivity contribution in [3.8, 4) is 0 Å². The highest BCUT2D eigenvalue weighted by Gasteiger charge is 2.07. The van der Waals surface area contributed by atoms with E-state index >= 15 is 0 Å². The van der Waals surface area contributed by atoms with Crippen LogP contribution in [0.15, 0.2) is 48.5 Å². The molecular formula is C16H17NO. The SMILES string of the molecule is Cc1ccccc1CNC(=O)c1ccccc1C. The second-order valence-electron chi connectivity index (χ2n) is 4.42. The third-order valence-electron chi connectivity index (χ3n) is 3.09. The molecule has 0 aliphatic heterocycles. The molecule has 0 fully saturated rings. The summed E-state index contributed by atoms with van der Waals surface area (Å²) < 4.78 is 0. The minimum atomic E-state index is -0.0173. The normalized spacial score (nSPS) is 10.1. The smallest absolute Gasteiger partial charge is 0.251 e. The average Bonchev–Trinajstić information content (AvgIpc) is 2.38. The van der Waals surface area contributed by atoms with Crippen LogP contribution in [0.25, 0.3) is 0 Å². The molecule has 2 aromatic rings. The van der Waals surface area contributed by atoms with Gasteiger partial charge in [0, 0.05) is 12.1 Å². The Morgan fingerprint density at radius 1 is 0.944 bits per heavy atom. The van der Waals surface area contributed by atoms with Crippen LogP contribution in [0.3, 0.4) is 0 Å². The fourth-order valence-electron chi connectivity index (χ4n) is 1.91. The lowest BCUT2D eigenvalue weighted by molar-refractivity contribution is 0.0950. The molecule has 2 aromatic carbocycles. The van der Waals surface area contributed by atoms with Crippen molar-refractivity contribution >= 4 is 5.91 Å². The molecule has 0 saturated heterocycles. The van der Waals surface area contributed by atoms with Gasteiger partial charge in [-0.15, -0.1) is 0 Å². The summed E-state index contributed by atoms with van der Waals surface area (Å²) in [6, 6.07) is 15.7. The van der Waals surface area contributed by atoms with Crippen LogP contribution >= 0.6 is 0 Å². The van der Waals surface area contributed by atoms with Crippen molar-refractivity contribution in [2.75, 3.05) is 0 Å². The maximum atomic E-state index is 12.0. The van der Waals surface area contributed by atoms with Crippen molar-refractivity contribution in [2.45, 2.75) is 20.4 Å². The van der Waals surface area contributed by atoms with Crippen LogP contribution in [-0.4, -0.2) is 5.91 Å². The Morgan fingerprint density at radius 2 is 1.56 bits per heavy atom. The third-order valence-corrected chi connectivity index (χ3v) is 3.09. The van der Waals surface area contributed by atoms with Gasteiger partial charge < -0.3 is 5.32 Å². The zero-order valence-electron chi connectivity index (χ0n) is 10.7. The topological polar surface area (TPSA) is 29.1 Å². The van der Waals surface area contributed by atoms with Gasteiger partial charge in [-0.2, -0.15) is 0 Å². The molecule has 0 spiro atoms. The van der Waals surface area contributed by atoms with E-state index in [0.29, 0.717) is 6.54 Å². The maximum Gasteiger partial charge on any atom is 0.251 e. The van der Waals surface area contributed by atoms with E-state index in [1.807, 2.05) is 49.4 Å². The monoisotopic (exact) mass is 239 g/mol. The fraction of sp³-hybridized carbons (Fsp3) is 0.188. The highest BCUT2D eigenvalue weighted by Crippen LogP contribution is 2.09. The lowest BCUT2D eigenvalue weighted by atomic mass is 10.1. The first kappa shape index (κ1) is 12.4. The molecule has 18 heavy (non-hydrogen) atoms. The van der Waals surface area contributed by atoms with E-state index in [1.165, 1.54) is 5.56 Å². The average molecular weight is 239 g/mol. The van der Waals surface area contributed by atoms with E-state index in [0.717, 1.165) is 16.7 Å². The van der Waals surface area contributed by atoms with Gasteiger partial charge in [0.15, 0.2) is 0 Å². The molecule has 1 N–H and O–H groups in total. The number of carbonyl (C=O) groups is 1. The number of rotatable bonds is 3. The van der Waals surface area contributed by atoms with Gasteiger partial charge in [-0.3, -0.25) is 4.79 Å². The van der Waals surface area contributed by atoms with Crippen LogP contribution in [0.1, 0.15) is 27.0 Å². The number of amides is 1. The minimum absolute atomic E-state index is 0.0173. The summed E-state index contributed by atoms with van der Waals surface area (Å²) in [5, 5.41) is 2.96. The Bertz CT molecular complexity index is 561. The molecule has 0 unspecified atom stereocenters. The number of nitrogens with one attached hydrogen (secondary N) is 1. The summed E-state index contributed by atoms with van der Waals surface area (Å²) in [6.07, 6.45) is 0. The van der Waals surface area contributed by atoms with Crippen molar-refractivity contribution in [1.29, 1.82) is 0 Å². The van der Waals surface area contributed by atoms with E-state index in [1.54, 1.807) is 0 Å². The molecule has 0 aliphatic rings. The van der Waals surface area contributed by atoms with E-state index in [9.17, 15) is 4.79 Å². The van der Waals surface area contributed by atoms with Gasteiger partial charge >= 0.3 is 0 Å². The summed E-state index contributed by atoms with van der Waals surface area (Å²) in [4.78, 5) is 12.0. The van der Waals surface area contributed by atoms with Crippen LogP contribution < -0.4 is 5.32 Å². The molecule has 0 radical (unpaired) electrons. The molecule has 2 rings (SSSR count). The number of benzene rings is 2. The molecule has 0 saturated carbocycles. The highest BCUT2D eigenvalue weighted by molar-refractivity contribution is 5.95. The van der Waals surface area contributed by atoms with Gasteiger partial charge in [-0.1, -0.05) is 42.5 Å². The van der Waals surface area contributed by atoms with Gasteiger partial charge in [-0.25, -0.2) is 0 Å². The van der Waals surface area contributed by atoms with Gasteiger partial charge in [0.05, 0.1) is 0 Å². The van der Waals surface area contributed by atoms with Crippen LogP contribution in [-0.2, 0) is 6.54 Å². The Kier molecular flexibility index (Phi) is 3.78. The van der Waals surface area contributed by atoms with Crippen molar-refractivity contribution in [3.05, 3.63) is 70.8 Å². The Labute approximate surface area is 108 Å². The third kappa shape index (κ3) is 2.77. The first-order valence-electron chi connectivity index (χ1n) is 6.07. The first-order chi connectivity index (χ1) is 8.68. The van der Waals surface area contributed by atoms with Gasteiger partial charge in [0.1, 0.15) is 0 Å². The largest absolute Gasteiger partial charge is 0.348 e. The fourth-order valence-corrected chi connectivity index (χ4v) is 1.91. The minimum Gasteiger partial charge on any atom is -0.348 e. The molecule has 0 aliphatic carbocycles. The summed E-state index contributed by atoms with van der Waals surface area (Å²) in [7, 11) is 0. The lowest BCUT2D eigenvalue weighted by Crippen LogP contribution is -2.23. The van der Waals surface area contributed by atoms with Gasteiger partial charge in [-0.05, 0) is 36.6 Å². The molecule has 1 amide bonds. The predicted molar refractivity (Wildman–Crippen MR) is 73.5 cm³/mol. The number of carbonyl (C=O) groups excluding carboxylic acids is 1. The zero-order valence-corrected chi connectivity index (χ0v) is 10.7. The number of hydrogen-bond donors (Lipinski definition) is 1. The van der Waals surface area contributed by atoms with E-state index < -0.39 is 0 Å². The van der Waals surface area contributed by atoms with Crippen LogP contribution in [0.5, 0.6) is 0 Å². The van der Waals surface area contributed by atoms with Crippen LogP contribution in [0.4, 0.5) is 0 Å². The summed E-state index contributed by atoms with van der Waals surface area (Å²) in [6.45, 7) is 4.57. The molecule has 0 heterocycles. The molecule has 92 valence electrons. The quantitative estimate of drug-likeness (QED) is 0.875. The van der Waals surface area contributed by atoms with Gasteiger partial charge in [0.25, 0.3) is 5.91 Å². The van der Waals surface area contributed by atoms with Gasteiger partial charge in [0.2, 0.25) is 0 Å². The lowest BCUT2D eigenvalue weighted by Gasteiger charge is -2.09. The summed E-state index contributed by atoms with van der Waals surface area (Å²) >= 11 is 0. The van der Waals surface area contributed by atoms with E-state index in [4.69, 9.17) is 0 Å². The van der Waals surface area contributed by atoms with E-state index in [-0.39, 0.29) is 5.91 Å². The van der Waals surface area contributed by atoms with Crippen molar-refractivity contribution < 1.29 is 4.79 Å². The molecular weight excluding hydrogens is 222 g/mol. The van der Waals surface area contributed by atoms with Crippen molar-refractivity contribution in [1.82, 2.24) is 5.32 Å². The van der Waals surface area contributed by atoms with Crippen molar-refractivity contribution in [3.63, 3.8) is 0 Å². The molecule has 2 nitrogen and oxygen atoms in total. The summed E-state index contributed by atoms with van der Waals surface area (Å²) in [5.41, 5.74) is 4.09. The molecule has 0 bridgehead atoms. The van der Waals surface area contributed by atoms with Crippen LogP contribution in [0.2, 0.25) is 0 Å². The number of aryl methyl sites for hydroxylation is 2. The Hall–Kier alpha value is -2.09. The predicted octanol–water partition coefficient (Wildman–Crippen LogP) is 3.23. The Balaban J connectivity index is 2.06.